The molecular weight excluding hydrogens is 491 g/mol. The number of halogens is 1. The number of nitrogens with one attached hydrogen (secondary N) is 1. The molecule has 1 heterocycles. The average Bonchev–Trinajstić information content (AvgIpc) is 3.38. The third-order valence-electron chi connectivity index (χ3n) is 7.97. The van der Waals surface area contributed by atoms with Crippen molar-refractivity contribution >= 4 is 11.8 Å². The SMILES string of the molecule is CCOC(=O)CC1CCN(Cc2ccc3c(c2)CCC(NCC(=O)c2ccc(-c4ccc(F)cc4)cc2)C3)C1. The molecule has 2 atom stereocenters. The minimum Gasteiger partial charge on any atom is -0.466 e. The standard InChI is InChI=1S/C33H37FN2O3/c1-2-39-33(38)18-24-15-16-36(22-24)21-23-3-4-29-19-31(14-11-28(29)17-23)35-20-32(37)27-7-5-25(6-8-27)26-9-12-30(34)13-10-26/h3-10,12-13,17,24,31,35H,2,11,14-16,18-22H2,1H3. The van der Waals surface area contributed by atoms with E-state index in [4.69, 9.17) is 4.74 Å². The van der Waals surface area contributed by atoms with E-state index >= 15 is 0 Å². The van der Waals surface area contributed by atoms with Crippen molar-refractivity contribution in [3.63, 3.8) is 0 Å². The highest BCUT2D eigenvalue weighted by molar-refractivity contribution is 5.98. The quantitative estimate of drug-likeness (QED) is 0.274. The molecule has 0 amide bonds. The van der Waals surface area contributed by atoms with Crippen LogP contribution in [0.25, 0.3) is 11.1 Å². The number of aryl methyl sites for hydroxylation is 1. The number of rotatable bonds is 10. The summed E-state index contributed by atoms with van der Waals surface area (Å²) in [5.41, 5.74) is 6.67. The third kappa shape index (κ3) is 7.20. The fourth-order valence-corrected chi connectivity index (χ4v) is 5.85. The highest BCUT2D eigenvalue weighted by Gasteiger charge is 2.26. The van der Waals surface area contributed by atoms with E-state index in [0.29, 0.717) is 31.1 Å². The fraction of sp³-hybridized carbons (Fsp3) is 0.394. The highest BCUT2D eigenvalue weighted by atomic mass is 19.1. The Kier molecular flexibility index (Phi) is 8.84. The summed E-state index contributed by atoms with van der Waals surface area (Å²) in [4.78, 5) is 27.1. The van der Waals surface area contributed by atoms with E-state index in [1.54, 1.807) is 12.1 Å². The second-order valence-corrected chi connectivity index (χ2v) is 10.8. The lowest BCUT2D eigenvalue weighted by Gasteiger charge is -2.26. The van der Waals surface area contributed by atoms with Gasteiger partial charge in [-0.25, -0.2) is 4.39 Å². The van der Waals surface area contributed by atoms with Crippen molar-refractivity contribution < 1.29 is 18.7 Å². The first kappa shape index (κ1) is 27.2. The van der Waals surface area contributed by atoms with Crippen LogP contribution in [0.15, 0.2) is 66.7 Å². The first-order chi connectivity index (χ1) is 19.0. The van der Waals surface area contributed by atoms with E-state index in [-0.39, 0.29) is 23.6 Å². The maximum atomic E-state index is 13.2. The normalized spacial score (nSPS) is 19.0. The molecule has 1 aliphatic carbocycles. The second kappa shape index (κ2) is 12.7. The molecule has 2 aliphatic rings. The van der Waals surface area contributed by atoms with Gasteiger partial charge >= 0.3 is 5.97 Å². The Hall–Kier alpha value is -3.35. The molecule has 5 nitrogen and oxygen atoms in total. The molecule has 0 saturated carbocycles. The topological polar surface area (TPSA) is 58.6 Å². The van der Waals surface area contributed by atoms with Gasteiger partial charge in [0.25, 0.3) is 0 Å². The summed E-state index contributed by atoms with van der Waals surface area (Å²) in [6, 6.07) is 21.0. The second-order valence-electron chi connectivity index (χ2n) is 10.8. The van der Waals surface area contributed by atoms with Crippen LogP contribution in [0.4, 0.5) is 4.39 Å². The molecule has 3 aromatic carbocycles. The van der Waals surface area contributed by atoms with Gasteiger partial charge in [0.05, 0.1) is 13.2 Å². The number of carbonyl (C=O) groups is 2. The van der Waals surface area contributed by atoms with E-state index in [1.807, 2.05) is 31.2 Å². The lowest BCUT2D eigenvalue weighted by atomic mass is 9.87. The molecule has 0 aromatic heterocycles. The summed E-state index contributed by atoms with van der Waals surface area (Å²) in [7, 11) is 0. The Morgan fingerprint density at radius 3 is 2.46 bits per heavy atom. The molecule has 1 aliphatic heterocycles. The van der Waals surface area contributed by atoms with Crippen LogP contribution in [-0.2, 0) is 28.9 Å². The van der Waals surface area contributed by atoms with E-state index in [2.05, 4.69) is 28.4 Å². The summed E-state index contributed by atoms with van der Waals surface area (Å²) < 4.78 is 18.3. The zero-order chi connectivity index (χ0) is 27.2. The van der Waals surface area contributed by atoms with Crippen molar-refractivity contribution in [2.75, 3.05) is 26.2 Å². The van der Waals surface area contributed by atoms with E-state index in [9.17, 15) is 14.0 Å². The smallest absolute Gasteiger partial charge is 0.306 e. The predicted molar refractivity (Wildman–Crippen MR) is 151 cm³/mol. The summed E-state index contributed by atoms with van der Waals surface area (Å²) in [5, 5.41) is 3.48. The highest BCUT2D eigenvalue weighted by Crippen LogP contribution is 2.26. The number of ketones is 1. The first-order valence-electron chi connectivity index (χ1n) is 14.1. The van der Waals surface area contributed by atoms with Crippen LogP contribution in [0.5, 0.6) is 0 Å². The monoisotopic (exact) mass is 528 g/mol. The average molecular weight is 529 g/mol. The molecule has 1 saturated heterocycles. The van der Waals surface area contributed by atoms with Crippen LogP contribution >= 0.6 is 0 Å². The molecule has 5 rings (SSSR count). The number of Topliss-reactive ketones (excluding diaryl/α,β-unsaturated/α-hetero) is 1. The predicted octanol–water partition coefficient (Wildman–Crippen LogP) is 5.60. The minimum atomic E-state index is -0.258. The number of benzene rings is 3. The van der Waals surface area contributed by atoms with Crippen LogP contribution in [0.1, 0.15) is 53.2 Å². The Bertz CT molecular complexity index is 1290. The Balaban J connectivity index is 1.09. The van der Waals surface area contributed by atoms with Crippen molar-refractivity contribution in [1.29, 1.82) is 0 Å². The van der Waals surface area contributed by atoms with Gasteiger partial charge in [0, 0.05) is 31.1 Å². The van der Waals surface area contributed by atoms with Crippen LogP contribution in [0.2, 0.25) is 0 Å². The number of nitrogens with zero attached hydrogens (tertiary/aromatic N) is 1. The number of hydrogen-bond acceptors (Lipinski definition) is 5. The van der Waals surface area contributed by atoms with E-state index < -0.39 is 0 Å². The van der Waals surface area contributed by atoms with Gasteiger partial charge in [-0.3, -0.25) is 14.5 Å². The molecule has 6 heteroatoms. The Morgan fingerprint density at radius 2 is 1.72 bits per heavy atom. The lowest BCUT2D eigenvalue weighted by Crippen LogP contribution is -2.37. The van der Waals surface area contributed by atoms with Crippen molar-refractivity contribution in [3.8, 4) is 11.1 Å². The van der Waals surface area contributed by atoms with Crippen molar-refractivity contribution in [2.24, 2.45) is 5.92 Å². The maximum absolute atomic E-state index is 13.2. The van der Waals surface area contributed by atoms with Gasteiger partial charge in [-0.2, -0.15) is 0 Å². The summed E-state index contributed by atoms with van der Waals surface area (Å²) in [6.45, 7) is 5.51. The van der Waals surface area contributed by atoms with Crippen molar-refractivity contribution in [3.05, 3.63) is 94.8 Å². The molecule has 0 bridgehead atoms. The van der Waals surface area contributed by atoms with Crippen molar-refractivity contribution in [2.45, 2.75) is 51.6 Å². The molecule has 204 valence electrons. The summed E-state index contributed by atoms with van der Waals surface area (Å²) in [6.07, 6.45) is 4.52. The molecule has 39 heavy (non-hydrogen) atoms. The zero-order valence-electron chi connectivity index (χ0n) is 22.6. The minimum absolute atomic E-state index is 0.0775. The number of fused-ring (bicyclic) bond motifs is 1. The van der Waals surface area contributed by atoms with Crippen molar-refractivity contribution in [1.82, 2.24) is 10.2 Å². The summed E-state index contributed by atoms with van der Waals surface area (Å²) in [5.74, 6) is 0.131. The van der Waals surface area contributed by atoms with E-state index in [0.717, 1.165) is 56.4 Å². The molecule has 0 spiro atoms. The van der Waals surface area contributed by atoms with Gasteiger partial charge in [-0.05, 0) is 85.0 Å². The maximum Gasteiger partial charge on any atom is 0.306 e. The third-order valence-corrected chi connectivity index (χ3v) is 7.97. The van der Waals surface area contributed by atoms with Gasteiger partial charge in [0.15, 0.2) is 5.78 Å². The largest absolute Gasteiger partial charge is 0.466 e. The van der Waals surface area contributed by atoms with Gasteiger partial charge in [-0.15, -0.1) is 0 Å². The number of ether oxygens (including phenoxy) is 1. The number of carbonyl (C=O) groups excluding carboxylic acids is 2. The fourth-order valence-electron chi connectivity index (χ4n) is 5.85. The number of hydrogen-bond donors (Lipinski definition) is 1. The van der Waals surface area contributed by atoms with Gasteiger partial charge in [-0.1, -0.05) is 54.6 Å². The zero-order valence-corrected chi connectivity index (χ0v) is 22.6. The van der Waals surface area contributed by atoms with E-state index in [1.165, 1.54) is 28.8 Å². The molecule has 3 aromatic rings. The molecule has 1 N–H and O–H groups in total. The molecular formula is C33H37FN2O3. The Labute approximate surface area is 230 Å². The van der Waals surface area contributed by atoms with Crippen LogP contribution < -0.4 is 5.32 Å². The van der Waals surface area contributed by atoms with Gasteiger partial charge in [0.1, 0.15) is 5.82 Å². The van der Waals surface area contributed by atoms with Crippen LogP contribution in [0, 0.1) is 11.7 Å². The van der Waals surface area contributed by atoms with Gasteiger partial charge < -0.3 is 10.1 Å². The lowest BCUT2D eigenvalue weighted by molar-refractivity contribution is -0.144. The number of esters is 1. The molecule has 1 fully saturated rings. The Morgan fingerprint density at radius 1 is 0.974 bits per heavy atom. The first-order valence-corrected chi connectivity index (χ1v) is 14.1. The van der Waals surface area contributed by atoms with Gasteiger partial charge in [0.2, 0.25) is 0 Å². The molecule has 0 radical (unpaired) electrons. The van der Waals surface area contributed by atoms with Crippen LogP contribution in [0.3, 0.4) is 0 Å². The number of likely N-dealkylation sites (tertiary alicyclic amines) is 1. The molecule has 2 unspecified atom stereocenters. The van der Waals surface area contributed by atoms with Crippen LogP contribution in [-0.4, -0.2) is 48.9 Å². The summed E-state index contributed by atoms with van der Waals surface area (Å²) >= 11 is 0.